The number of fused-ring (bicyclic) bond motifs is 4. The van der Waals surface area contributed by atoms with Crippen molar-refractivity contribution in [1.29, 1.82) is 0 Å². The molecule has 0 amide bonds. The van der Waals surface area contributed by atoms with Crippen molar-refractivity contribution < 1.29 is 0 Å². The van der Waals surface area contributed by atoms with E-state index in [0.717, 1.165) is 67.5 Å². The number of benzene rings is 5. The third kappa shape index (κ3) is 4.39. The predicted molar refractivity (Wildman–Crippen MR) is 184 cm³/mol. The molecule has 0 aliphatic heterocycles. The van der Waals surface area contributed by atoms with Gasteiger partial charge >= 0.3 is 0 Å². The average molecular weight is 613 g/mol. The maximum absolute atomic E-state index is 13.5. The van der Waals surface area contributed by atoms with Crippen LogP contribution in [0.2, 0.25) is 0 Å². The summed E-state index contributed by atoms with van der Waals surface area (Å²) in [5.74, 6) is 0. The standard InChI is InChI=1S/C36H20O2S4/c37-35-24-6-1-3-8-29(24)40-32-15-12-22(19-27(32)35)21-11-14-31(42-34-10-5-17-39-34)26(18-21)23-13-16-33-28(20-23)36(38)25-7-2-4-9-30(25)41-33/h1-20H. The molecule has 0 saturated heterocycles. The maximum atomic E-state index is 13.5. The number of hydrogen-bond donors (Lipinski definition) is 0. The van der Waals surface area contributed by atoms with E-state index in [0.29, 0.717) is 0 Å². The van der Waals surface area contributed by atoms with Gasteiger partial charge in [-0.15, -0.1) is 34.0 Å². The zero-order valence-electron chi connectivity index (χ0n) is 22.0. The van der Waals surface area contributed by atoms with Gasteiger partial charge in [-0.2, -0.15) is 0 Å². The minimum atomic E-state index is 0.0656. The summed E-state index contributed by atoms with van der Waals surface area (Å²) >= 11 is 6.74. The highest BCUT2D eigenvalue weighted by atomic mass is 32.2. The maximum Gasteiger partial charge on any atom is 0.195 e. The molecule has 0 spiro atoms. The summed E-state index contributed by atoms with van der Waals surface area (Å²) in [6.45, 7) is 0. The van der Waals surface area contributed by atoms with Gasteiger partial charge in [0.25, 0.3) is 0 Å². The van der Waals surface area contributed by atoms with E-state index >= 15 is 0 Å². The molecule has 0 radical (unpaired) electrons. The van der Waals surface area contributed by atoms with E-state index in [-0.39, 0.29) is 10.9 Å². The Morgan fingerprint density at radius 3 is 1.67 bits per heavy atom. The lowest BCUT2D eigenvalue weighted by atomic mass is 9.97. The Labute approximate surface area is 257 Å². The van der Waals surface area contributed by atoms with Gasteiger partial charge in [-0.25, -0.2) is 0 Å². The van der Waals surface area contributed by atoms with Crippen LogP contribution in [-0.2, 0) is 0 Å². The second-order valence-corrected chi connectivity index (χ2v) is 14.5. The van der Waals surface area contributed by atoms with Crippen molar-refractivity contribution in [3.8, 4) is 22.3 Å². The molecule has 3 heterocycles. The normalized spacial score (nSPS) is 11.6. The summed E-state index contributed by atoms with van der Waals surface area (Å²) in [5.41, 5.74) is 4.22. The molecule has 0 aliphatic rings. The Kier molecular flexibility index (Phi) is 6.30. The van der Waals surface area contributed by atoms with Crippen LogP contribution in [-0.4, -0.2) is 0 Å². The van der Waals surface area contributed by atoms with Crippen LogP contribution in [0.15, 0.2) is 139 Å². The lowest BCUT2D eigenvalue weighted by molar-refractivity contribution is 1.44. The van der Waals surface area contributed by atoms with Crippen molar-refractivity contribution in [3.05, 3.63) is 141 Å². The fourth-order valence-corrected chi connectivity index (χ4v) is 9.37. The van der Waals surface area contributed by atoms with E-state index in [1.807, 2.05) is 60.7 Å². The summed E-state index contributed by atoms with van der Waals surface area (Å²) in [5, 5.41) is 5.08. The van der Waals surface area contributed by atoms with E-state index in [1.165, 1.54) is 4.21 Å². The van der Waals surface area contributed by atoms with E-state index in [2.05, 4.69) is 60.0 Å². The Morgan fingerprint density at radius 1 is 0.476 bits per heavy atom. The molecule has 6 heteroatoms. The molecule has 0 N–H and O–H groups in total. The van der Waals surface area contributed by atoms with E-state index in [9.17, 15) is 9.59 Å². The monoisotopic (exact) mass is 612 g/mol. The predicted octanol–water partition coefficient (Wildman–Crippen LogP) is 10.7. The highest BCUT2D eigenvalue weighted by molar-refractivity contribution is 8.01. The third-order valence-electron chi connectivity index (χ3n) is 7.48. The van der Waals surface area contributed by atoms with Crippen LogP contribution in [0.1, 0.15) is 0 Å². The van der Waals surface area contributed by atoms with Crippen molar-refractivity contribution in [3.63, 3.8) is 0 Å². The minimum Gasteiger partial charge on any atom is -0.289 e. The van der Waals surface area contributed by atoms with Crippen molar-refractivity contribution in [2.24, 2.45) is 0 Å². The third-order valence-corrected chi connectivity index (χ3v) is 11.9. The fraction of sp³-hybridized carbons (Fsp3) is 0. The Hall–Kier alpha value is -4.07. The molecule has 5 aromatic carbocycles. The molecule has 3 aromatic heterocycles. The van der Waals surface area contributed by atoms with Gasteiger partial charge in [0, 0.05) is 45.2 Å². The van der Waals surface area contributed by atoms with Gasteiger partial charge in [0.05, 0.1) is 4.21 Å². The molecule has 8 rings (SSSR count). The largest absolute Gasteiger partial charge is 0.289 e. The van der Waals surface area contributed by atoms with Crippen molar-refractivity contribution in [2.75, 3.05) is 0 Å². The molecule has 2 nitrogen and oxygen atoms in total. The first kappa shape index (κ1) is 25.6. The summed E-state index contributed by atoms with van der Waals surface area (Å²) in [6.07, 6.45) is 0. The first-order valence-corrected chi connectivity index (χ1v) is 16.7. The smallest absolute Gasteiger partial charge is 0.195 e. The Morgan fingerprint density at radius 2 is 1.02 bits per heavy atom. The van der Waals surface area contributed by atoms with Gasteiger partial charge in [-0.1, -0.05) is 60.3 Å². The summed E-state index contributed by atoms with van der Waals surface area (Å²) in [4.78, 5) is 28.1. The Balaban J connectivity index is 1.32. The summed E-state index contributed by atoms with van der Waals surface area (Å²) < 4.78 is 5.18. The first-order chi connectivity index (χ1) is 20.6. The first-order valence-electron chi connectivity index (χ1n) is 13.4. The molecular weight excluding hydrogens is 593 g/mol. The molecular formula is C36H20O2S4. The number of thiophene rings is 1. The molecule has 42 heavy (non-hydrogen) atoms. The topological polar surface area (TPSA) is 34.1 Å². The van der Waals surface area contributed by atoms with E-state index in [1.54, 1.807) is 45.8 Å². The fourth-order valence-electron chi connectivity index (χ4n) is 5.41. The van der Waals surface area contributed by atoms with E-state index in [4.69, 9.17) is 0 Å². The van der Waals surface area contributed by atoms with Crippen LogP contribution >= 0.6 is 45.8 Å². The second kappa shape index (κ2) is 10.3. The van der Waals surface area contributed by atoms with Crippen molar-refractivity contribution in [1.82, 2.24) is 0 Å². The molecule has 0 aliphatic carbocycles. The Bertz CT molecular complexity index is 2440. The lowest BCUT2D eigenvalue weighted by Gasteiger charge is -2.13. The van der Waals surface area contributed by atoms with Crippen LogP contribution in [0.4, 0.5) is 0 Å². The minimum absolute atomic E-state index is 0.0656. The number of hydrogen-bond acceptors (Lipinski definition) is 6. The van der Waals surface area contributed by atoms with Crippen LogP contribution in [0.25, 0.3) is 62.6 Å². The van der Waals surface area contributed by atoms with Gasteiger partial charge in [-0.3, -0.25) is 9.59 Å². The van der Waals surface area contributed by atoms with Crippen LogP contribution in [0.3, 0.4) is 0 Å². The van der Waals surface area contributed by atoms with Gasteiger partial charge in [-0.05, 0) is 94.4 Å². The second-order valence-electron chi connectivity index (χ2n) is 10.0. The molecule has 0 atom stereocenters. The molecule has 8 aromatic rings. The van der Waals surface area contributed by atoms with Gasteiger partial charge in [0.1, 0.15) is 0 Å². The highest BCUT2D eigenvalue weighted by Crippen LogP contribution is 2.41. The van der Waals surface area contributed by atoms with Gasteiger partial charge in [0.2, 0.25) is 0 Å². The highest BCUT2D eigenvalue weighted by Gasteiger charge is 2.14. The van der Waals surface area contributed by atoms with E-state index < -0.39 is 0 Å². The zero-order chi connectivity index (χ0) is 28.2. The molecule has 0 fully saturated rings. The van der Waals surface area contributed by atoms with Gasteiger partial charge < -0.3 is 0 Å². The molecule has 0 unspecified atom stereocenters. The number of rotatable bonds is 4. The van der Waals surface area contributed by atoms with Crippen molar-refractivity contribution >= 4 is 86.1 Å². The van der Waals surface area contributed by atoms with Crippen LogP contribution in [0, 0.1) is 0 Å². The molecule has 0 bridgehead atoms. The van der Waals surface area contributed by atoms with Crippen LogP contribution < -0.4 is 10.9 Å². The molecule has 200 valence electrons. The van der Waals surface area contributed by atoms with Crippen LogP contribution in [0.5, 0.6) is 0 Å². The SMILES string of the molecule is O=c1c2ccccc2sc2ccc(-c3ccc(Sc4cccs4)c(-c4ccc5sc6ccccc6c(=O)c5c4)c3)cc12. The zero-order valence-corrected chi connectivity index (χ0v) is 25.3. The van der Waals surface area contributed by atoms with Gasteiger partial charge in [0.15, 0.2) is 10.9 Å². The summed E-state index contributed by atoms with van der Waals surface area (Å²) in [7, 11) is 0. The van der Waals surface area contributed by atoms with Crippen molar-refractivity contribution in [2.45, 2.75) is 9.10 Å². The summed E-state index contributed by atoms with van der Waals surface area (Å²) in [6, 6.07) is 38.7. The molecule has 0 saturated carbocycles. The average Bonchev–Trinajstić information content (AvgIpc) is 3.55. The lowest BCUT2D eigenvalue weighted by Crippen LogP contribution is -2.01. The quantitative estimate of drug-likeness (QED) is 0.185.